The summed E-state index contributed by atoms with van der Waals surface area (Å²) in [7, 11) is 3.05. The molecule has 0 aliphatic rings. The number of hydrogen-bond donors (Lipinski definition) is 1. The van der Waals surface area contributed by atoms with Gasteiger partial charge in [-0.25, -0.2) is 5.43 Å². The lowest BCUT2D eigenvalue weighted by atomic mass is 10.2. The molecule has 0 aliphatic carbocycles. The van der Waals surface area contributed by atoms with Gasteiger partial charge in [-0.2, -0.15) is 5.10 Å². The van der Waals surface area contributed by atoms with Crippen LogP contribution in [0.1, 0.15) is 28.4 Å². The van der Waals surface area contributed by atoms with E-state index in [4.69, 9.17) is 18.9 Å². The first-order valence-corrected chi connectivity index (χ1v) is 10.1. The number of nitrogens with zero attached hydrogens (tertiary/aromatic N) is 1. The van der Waals surface area contributed by atoms with Gasteiger partial charge >= 0.3 is 0 Å². The highest BCUT2D eigenvalue weighted by molar-refractivity contribution is 5.95. The summed E-state index contributed by atoms with van der Waals surface area (Å²) in [5.74, 6) is 1.90. The van der Waals surface area contributed by atoms with E-state index < -0.39 is 0 Å². The first-order chi connectivity index (χ1) is 15.6. The lowest BCUT2D eigenvalue weighted by molar-refractivity contribution is 0.0954. The number of amides is 1. The van der Waals surface area contributed by atoms with Crippen molar-refractivity contribution in [3.05, 3.63) is 83.4 Å². The second-order valence-corrected chi connectivity index (χ2v) is 6.68. The minimum atomic E-state index is -0.366. The molecule has 0 radical (unpaired) electrons. The summed E-state index contributed by atoms with van der Waals surface area (Å²) >= 11 is 0. The number of hydrazone groups is 1. The molecule has 1 amide bonds. The van der Waals surface area contributed by atoms with Crippen molar-refractivity contribution in [2.45, 2.75) is 13.5 Å². The molecule has 7 heteroatoms. The van der Waals surface area contributed by atoms with Gasteiger partial charge in [0.2, 0.25) is 0 Å². The molecule has 0 aromatic heterocycles. The quantitative estimate of drug-likeness (QED) is 0.377. The third kappa shape index (κ3) is 6.01. The molecule has 3 aromatic rings. The third-order valence-electron chi connectivity index (χ3n) is 4.53. The molecule has 0 fully saturated rings. The van der Waals surface area contributed by atoms with Crippen molar-refractivity contribution < 1.29 is 23.7 Å². The van der Waals surface area contributed by atoms with Gasteiger partial charge < -0.3 is 18.9 Å². The van der Waals surface area contributed by atoms with E-state index >= 15 is 0 Å². The first-order valence-electron chi connectivity index (χ1n) is 10.1. The van der Waals surface area contributed by atoms with E-state index in [1.54, 1.807) is 24.4 Å². The number of carbonyl (C=O) groups is 1. The van der Waals surface area contributed by atoms with Crippen LogP contribution in [0.5, 0.6) is 23.0 Å². The largest absolute Gasteiger partial charge is 0.493 e. The smallest absolute Gasteiger partial charge is 0.271 e. The van der Waals surface area contributed by atoms with Crippen LogP contribution in [0.15, 0.2) is 71.8 Å². The fourth-order valence-corrected chi connectivity index (χ4v) is 2.94. The van der Waals surface area contributed by atoms with Crippen LogP contribution in [0.25, 0.3) is 0 Å². The van der Waals surface area contributed by atoms with Gasteiger partial charge in [0.1, 0.15) is 6.61 Å². The zero-order chi connectivity index (χ0) is 22.8. The highest BCUT2D eigenvalue weighted by Crippen LogP contribution is 2.29. The van der Waals surface area contributed by atoms with Gasteiger partial charge in [-0.15, -0.1) is 0 Å². The molecule has 0 atom stereocenters. The summed E-state index contributed by atoms with van der Waals surface area (Å²) in [6.45, 7) is 2.85. The van der Waals surface area contributed by atoms with Crippen molar-refractivity contribution in [1.82, 2.24) is 5.43 Å². The molecule has 32 heavy (non-hydrogen) atoms. The van der Waals surface area contributed by atoms with E-state index in [1.807, 2.05) is 55.5 Å². The van der Waals surface area contributed by atoms with Crippen LogP contribution in [-0.4, -0.2) is 32.9 Å². The van der Waals surface area contributed by atoms with Crippen LogP contribution < -0.4 is 24.4 Å². The average molecular weight is 434 g/mol. The van der Waals surface area contributed by atoms with Crippen LogP contribution in [0.4, 0.5) is 0 Å². The van der Waals surface area contributed by atoms with E-state index in [1.165, 1.54) is 14.2 Å². The molecule has 0 spiro atoms. The van der Waals surface area contributed by atoms with Gasteiger partial charge in [0.15, 0.2) is 23.0 Å². The standard InChI is InChI=1S/C25H26N2O5/c1-4-31-24-14-19(10-12-22(24)32-17-18-8-6-5-7-9-18)16-26-27-25(28)20-11-13-21(29-2)23(15-20)30-3/h5-16H,4,17H2,1-3H3,(H,27,28)/b26-16-. The number of benzene rings is 3. The summed E-state index contributed by atoms with van der Waals surface area (Å²) in [6.07, 6.45) is 1.54. The van der Waals surface area contributed by atoms with Gasteiger partial charge in [0.25, 0.3) is 5.91 Å². The minimum Gasteiger partial charge on any atom is -0.493 e. The molecule has 0 saturated heterocycles. The second-order valence-electron chi connectivity index (χ2n) is 6.68. The zero-order valence-corrected chi connectivity index (χ0v) is 18.3. The summed E-state index contributed by atoms with van der Waals surface area (Å²) in [4.78, 5) is 12.4. The molecule has 0 unspecified atom stereocenters. The maximum absolute atomic E-state index is 12.4. The fourth-order valence-electron chi connectivity index (χ4n) is 2.94. The Labute approximate surface area is 187 Å². The van der Waals surface area contributed by atoms with Crippen molar-refractivity contribution in [3.8, 4) is 23.0 Å². The van der Waals surface area contributed by atoms with Crippen LogP contribution in [0.3, 0.4) is 0 Å². The van der Waals surface area contributed by atoms with E-state index in [0.717, 1.165) is 11.1 Å². The normalized spacial score (nSPS) is 10.6. The zero-order valence-electron chi connectivity index (χ0n) is 18.3. The van der Waals surface area contributed by atoms with E-state index in [0.29, 0.717) is 41.8 Å². The van der Waals surface area contributed by atoms with Gasteiger partial charge in [0, 0.05) is 5.56 Å². The van der Waals surface area contributed by atoms with Crippen LogP contribution in [0, 0.1) is 0 Å². The molecule has 3 aromatic carbocycles. The van der Waals surface area contributed by atoms with Crippen molar-refractivity contribution >= 4 is 12.1 Å². The van der Waals surface area contributed by atoms with E-state index in [2.05, 4.69) is 10.5 Å². The number of nitrogens with one attached hydrogen (secondary N) is 1. The molecule has 1 N–H and O–H groups in total. The Morgan fingerprint density at radius 1 is 0.875 bits per heavy atom. The topological polar surface area (TPSA) is 78.4 Å². The van der Waals surface area contributed by atoms with Gasteiger partial charge in [-0.05, 0) is 54.4 Å². The van der Waals surface area contributed by atoms with E-state index in [9.17, 15) is 4.79 Å². The number of carbonyl (C=O) groups excluding carboxylic acids is 1. The average Bonchev–Trinajstić information content (AvgIpc) is 2.83. The first kappa shape index (κ1) is 22.7. The summed E-state index contributed by atoms with van der Waals surface area (Å²) in [6, 6.07) is 20.3. The fraction of sp³-hybridized carbons (Fsp3) is 0.200. The molecule has 0 heterocycles. The highest BCUT2D eigenvalue weighted by atomic mass is 16.5. The van der Waals surface area contributed by atoms with Crippen molar-refractivity contribution in [2.75, 3.05) is 20.8 Å². The van der Waals surface area contributed by atoms with Gasteiger partial charge in [-0.3, -0.25) is 4.79 Å². The van der Waals surface area contributed by atoms with Crippen LogP contribution in [0.2, 0.25) is 0 Å². The maximum Gasteiger partial charge on any atom is 0.271 e. The summed E-state index contributed by atoms with van der Waals surface area (Å²) in [5.41, 5.74) is 4.74. The predicted molar refractivity (Wildman–Crippen MR) is 123 cm³/mol. The van der Waals surface area contributed by atoms with Crippen LogP contribution >= 0.6 is 0 Å². The van der Waals surface area contributed by atoms with Crippen LogP contribution in [-0.2, 0) is 6.61 Å². The van der Waals surface area contributed by atoms with Crippen molar-refractivity contribution in [3.63, 3.8) is 0 Å². The summed E-state index contributed by atoms with van der Waals surface area (Å²) < 4.78 is 22.0. The lowest BCUT2D eigenvalue weighted by Crippen LogP contribution is -2.17. The Hall–Kier alpha value is -4.00. The molecule has 7 nitrogen and oxygen atoms in total. The molecule has 0 aliphatic heterocycles. The molecule has 0 bridgehead atoms. The Morgan fingerprint density at radius 2 is 1.62 bits per heavy atom. The second kappa shape index (κ2) is 11.4. The number of methoxy groups -OCH3 is 2. The molecular weight excluding hydrogens is 408 g/mol. The molecular formula is C25H26N2O5. The number of ether oxygens (including phenoxy) is 4. The van der Waals surface area contributed by atoms with Crippen molar-refractivity contribution in [1.29, 1.82) is 0 Å². The Bertz CT molecular complexity index is 1070. The maximum atomic E-state index is 12.4. The van der Waals surface area contributed by atoms with E-state index in [-0.39, 0.29) is 5.91 Å². The predicted octanol–water partition coefficient (Wildman–Crippen LogP) is 4.45. The van der Waals surface area contributed by atoms with Crippen molar-refractivity contribution in [2.24, 2.45) is 5.10 Å². The Morgan fingerprint density at radius 3 is 2.34 bits per heavy atom. The lowest BCUT2D eigenvalue weighted by Gasteiger charge is -2.12. The number of rotatable bonds is 10. The Kier molecular flexibility index (Phi) is 8.09. The summed E-state index contributed by atoms with van der Waals surface area (Å²) in [5, 5.41) is 4.05. The molecule has 3 rings (SSSR count). The Balaban J connectivity index is 1.66. The molecule has 0 saturated carbocycles. The monoisotopic (exact) mass is 434 g/mol. The minimum absolute atomic E-state index is 0.366. The molecule has 166 valence electrons. The SMILES string of the molecule is CCOc1cc(/C=N\NC(=O)c2ccc(OC)c(OC)c2)ccc1OCc1ccccc1. The van der Waals surface area contributed by atoms with Gasteiger partial charge in [0.05, 0.1) is 27.0 Å². The highest BCUT2D eigenvalue weighted by Gasteiger charge is 2.10. The third-order valence-corrected chi connectivity index (χ3v) is 4.53. The van der Waals surface area contributed by atoms with Gasteiger partial charge in [-0.1, -0.05) is 30.3 Å². The number of hydrogen-bond acceptors (Lipinski definition) is 6.